The summed E-state index contributed by atoms with van der Waals surface area (Å²) in [6.07, 6.45) is 0.988. The minimum Gasteiger partial charge on any atom is -0.481 e. The number of nitrogens with one attached hydrogen (secondary N) is 1. The van der Waals surface area contributed by atoms with Crippen molar-refractivity contribution in [3.8, 4) is 0 Å². The van der Waals surface area contributed by atoms with Crippen LogP contribution in [0.5, 0.6) is 0 Å². The third kappa shape index (κ3) is 1.77. The zero-order valence-electron chi connectivity index (χ0n) is 9.66. The van der Waals surface area contributed by atoms with Gasteiger partial charge in [0.15, 0.2) is 0 Å². The number of anilines is 1. The van der Waals surface area contributed by atoms with Gasteiger partial charge in [0, 0.05) is 18.2 Å². The van der Waals surface area contributed by atoms with E-state index in [0.717, 1.165) is 24.2 Å². The largest absolute Gasteiger partial charge is 0.481 e. The molecular weight excluding hydrogens is 202 g/mol. The van der Waals surface area contributed by atoms with Gasteiger partial charge in [0.1, 0.15) is 0 Å². The molecule has 2 rings (SSSR count). The standard InChI is InChI=1S/C13H17NO2/c1-3-9-4-5-12-10(6-9)11(7-14-12)8(2)13(15)16/h4-6,8,11,14H,3,7H2,1-2H3,(H,15,16). The van der Waals surface area contributed by atoms with E-state index >= 15 is 0 Å². The average molecular weight is 219 g/mol. The summed E-state index contributed by atoms with van der Waals surface area (Å²) in [4.78, 5) is 11.0. The van der Waals surface area contributed by atoms with E-state index in [2.05, 4.69) is 30.4 Å². The predicted octanol–water partition coefficient (Wildman–Crippen LogP) is 2.48. The third-order valence-electron chi connectivity index (χ3n) is 3.43. The lowest BCUT2D eigenvalue weighted by atomic mass is 9.88. The maximum atomic E-state index is 11.0. The summed E-state index contributed by atoms with van der Waals surface area (Å²) in [5.74, 6) is -0.957. The van der Waals surface area contributed by atoms with Crippen LogP contribution >= 0.6 is 0 Å². The molecule has 0 spiro atoms. The van der Waals surface area contributed by atoms with E-state index in [1.165, 1.54) is 5.56 Å². The lowest BCUT2D eigenvalue weighted by Crippen LogP contribution is -2.20. The Hall–Kier alpha value is -1.51. The van der Waals surface area contributed by atoms with Crippen molar-refractivity contribution in [2.75, 3.05) is 11.9 Å². The van der Waals surface area contributed by atoms with E-state index in [9.17, 15) is 4.79 Å². The first kappa shape index (κ1) is 11.0. The van der Waals surface area contributed by atoms with Crippen LogP contribution in [0.1, 0.15) is 30.9 Å². The molecule has 1 aliphatic rings. The van der Waals surface area contributed by atoms with Gasteiger partial charge in [-0.05, 0) is 23.6 Å². The van der Waals surface area contributed by atoms with Gasteiger partial charge in [0.25, 0.3) is 0 Å². The molecule has 0 aromatic heterocycles. The SMILES string of the molecule is CCc1ccc2c(c1)C(C(C)C(=O)O)CN2. The van der Waals surface area contributed by atoms with Crippen molar-refractivity contribution >= 4 is 11.7 Å². The Kier molecular flexibility index (Phi) is 2.86. The second-order valence-electron chi connectivity index (χ2n) is 4.39. The molecule has 0 bridgehead atoms. The highest BCUT2D eigenvalue weighted by atomic mass is 16.4. The fourth-order valence-electron chi connectivity index (χ4n) is 2.25. The maximum Gasteiger partial charge on any atom is 0.306 e. The number of benzene rings is 1. The molecule has 2 N–H and O–H groups in total. The van der Waals surface area contributed by atoms with Crippen molar-refractivity contribution in [1.29, 1.82) is 0 Å². The number of hydrogen-bond donors (Lipinski definition) is 2. The zero-order valence-corrected chi connectivity index (χ0v) is 9.66. The Labute approximate surface area is 95.5 Å². The molecule has 2 atom stereocenters. The molecular formula is C13H17NO2. The van der Waals surface area contributed by atoms with Crippen molar-refractivity contribution in [1.82, 2.24) is 0 Å². The Morgan fingerprint density at radius 2 is 2.38 bits per heavy atom. The number of carboxylic acids is 1. The van der Waals surface area contributed by atoms with Crippen molar-refractivity contribution in [2.24, 2.45) is 5.92 Å². The van der Waals surface area contributed by atoms with Crippen molar-refractivity contribution < 1.29 is 9.90 Å². The average Bonchev–Trinajstić information content (AvgIpc) is 2.70. The van der Waals surface area contributed by atoms with Crippen LogP contribution in [0.15, 0.2) is 18.2 Å². The highest BCUT2D eigenvalue weighted by Gasteiger charge is 2.31. The minimum atomic E-state index is -0.721. The number of carboxylic acid groups (broad SMARTS) is 1. The van der Waals surface area contributed by atoms with Gasteiger partial charge in [-0.15, -0.1) is 0 Å². The second-order valence-corrected chi connectivity index (χ2v) is 4.39. The van der Waals surface area contributed by atoms with E-state index < -0.39 is 5.97 Å². The Morgan fingerprint density at radius 1 is 1.62 bits per heavy atom. The van der Waals surface area contributed by atoms with E-state index in [-0.39, 0.29) is 11.8 Å². The van der Waals surface area contributed by atoms with Gasteiger partial charge < -0.3 is 10.4 Å². The van der Waals surface area contributed by atoms with Gasteiger partial charge in [-0.2, -0.15) is 0 Å². The van der Waals surface area contributed by atoms with Gasteiger partial charge in [0.05, 0.1) is 5.92 Å². The fourth-order valence-corrected chi connectivity index (χ4v) is 2.25. The summed E-state index contributed by atoms with van der Waals surface area (Å²) in [5.41, 5.74) is 3.52. The van der Waals surface area contributed by atoms with E-state index in [1.807, 2.05) is 0 Å². The molecule has 3 nitrogen and oxygen atoms in total. The van der Waals surface area contributed by atoms with Crippen LogP contribution in [0.4, 0.5) is 5.69 Å². The molecule has 86 valence electrons. The molecule has 0 radical (unpaired) electrons. The highest BCUT2D eigenvalue weighted by Crippen LogP contribution is 2.37. The van der Waals surface area contributed by atoms with Crippen LogP contribution in [-0.4, -0.2) is 17.6 Å². The summed E-state index contributed by atoms with van der Waals surface area (Å²) in [5, 5.41) is 12.3. The summed E-state index contributed by atoms with van der Waals surface area (Å²) >= 11 is 0. The van der Waals surface area contributed by atoms with Gasteiger partial charge in [-0.1, -0.05) is 26.0 Å². The van der Waals surface area contributed by atoms with Crippen LogP contribution < -0.4 is 5.32 Å². The second kappa shape index (κ2) is 4.16. The highest BCUT2D eigenvalue weighted by molar-refractivity contribution is 5.73. The van der Waals surface area contributed by atoms with Crippen LogP contribution in [0.25, 0.3) is 0 Å². The fraction of sp³-hybridized carbons (Fsp3) is 0.462. The molecule has 1 aromatic rings. The van der Waals surface area contributed by atoms with Gasteiger partial charge in [0.2, 0.25) is 0 Å². The van der Waals surface area contributed by atoms with Gasteiger partial charge in [-0.3, -0.25) is 4.79 Å². The quantitative estimate of drug-likeness (QED) is 0.821. The molecule has 3 heteroatoms. The van der Waals surface area contributed by atoms with Gasteiger partial charge >= 0.3 is 5.97 Å². The summed E-state index contributed by atoms with van der Waals surface area (Å²) in [6.45, 7) is 4.62. The smallest absolute Gasteiger partial charge is 0.306 e. The molecule has 1 aromatic carbocycles. The number of rotatable bonds is 3. The molecule has 0 amide bonds. The van der Waals surface area contributed by atoms with Crippen LogP contribution in [0.3, 0.4) is 0 Å². The first-order valence-electron chi connectivity index (χ1n) is 5.73. The van der Waals surface area contributed by atoms with Crippen molar-refractivity contribution in [3.05, 3.63) is 29.3 Å². The van der Waals surface area contributed by atoms with Crippen molar-refractivity contribution in [2.45, 2.75) is 26.2 Å². The Bertz CT molecular complexity index is 414. The third-order valence-corrected chi connectivity index (χ3v) is 3.43. The Balaban J connectivity index is 2.34. The summed E-state index contributed by atoms with van der Waals surface area (Å²) in [6, 6.07) is 6.29. The maximum absolute atomic E-state index is 11.0. The van der Waals surface area contributed by atoms with Crippen LogP contribution in [0.2, 0.25) is 0 Å². The molecule has 0 aliphatic carbocycles. The number of fused-ring (bicyclic) bond motifs is 1. The van der Waals surface area contributed by atoms with Crippen LogP contribution in [0, 0.1) is 5.92 Å². The number of hydrogen-bond acceptors (Lipinski definition) is 2. The lowest BCUT2D eigenvalue weighted by Gasteiger charge is -2.15. The normalized spacial score (nSPS) is 20.0. The molecule has 1 aliphatic heterocycles. The number of aryl methyl sites for hydroxylation is 1. The molecule has 0 saturated heterocycles. The lowest BCUT2D eigenvalue weighted by molar-refractivity contribution is -0.141. The molecule has 0 fully saturated rings. The minimum absolute atomic E-state index is 0.0963. The topological polar surface area (TPSA) is 49.3 Å². The van der Waals surface area contributed by atoms with Gasteiger partial charge in [-0.25, -0.2) is 0 Å². The van der Waals surface area contributed by atoms with E-state index in [1.54, 1.807) is 6.92 Å². The Morgan fingerprint density at radius 3 is 3.00 bits per heavy atom. The molecule has 1 heterocycles. The zero-order chi connectivity index (χ0) is 11.7. The van der Waals surface area contributed by atoms with E-state index in [0.29, 0.717) is 0 Å². The van der Waals surface area contributed by atoms with E-state index in [4.69, 9.17) is 5.11 Å². The number of aliphatic carboxylic acids is 1. The monoisotopic (exact) mass is 219 g/mol. The summed E-state index contributed by atoms with van der Waals surface area (Å²) < 4.78 is 0. The van der Waals surface area contributed by atoms with Crippen molar-refractivity contribution in [3.63, 3.8) is 0 Å². The molecule has 2 unspecified atom stereocenters. The van der Waals surface area contributed by atoms with Crippen LogP contribution in [-0.2, 0) is 11.2 Å². The first-order chi connectivity index (χ1) is 7.63. The molecule has 0 saturated carbocycles. The molecule has 16 heavy (non-hydrogen) atoms. The summed E-state index contributed by atoms with van der Waals surface area (Å²) in [7, 11) is 0. The number of carbonyl (C=O) groups is 1. The first-order valence-corrected chi connectivity index (χ1v) is 5.73. The predicted molar refractivity (Wildman–Crippen MR) is 63.9 cm³/mol.